The first-order valence-corrected chi connectivity index (χ1v) is 8.00. The predicted molar refractivity (Wildman–Crippen MR) is 87.0 cm³/mol. The first-order valence-electron chi connectivity index (χ1n) is 7.25. The molecule has 0 spiro atoms. The molecule has 7 heteroatoms. The Morgan fingerprint density at radius 2 is 2.05 bits per heavy atom. The van der Waals surface area contributed by atoms with Gasteiger partial charge >= 0.3 is 0 Å². The Labute approximate surface area is 139 Å². The van der Waals surface area contributed by atoms with Gasteiger partial charge in [-0.15, -0.1) is 0 Å². The molecule has 0 radical (unpaired) electrons. The van der Waals surface area contributed by atoms with Gasteiger partial charge in [0.25, 0.3) is 0 Å². The van der Waals surface area contributed by atoms with Crippen molar-refractivity contribution in [2.24, 2.45) is 5.73 Å². The van der Waals surface area contributed by atoms with Crippen molar-refractivity contribution in [2.45, 2.75) is 24.5 Å². The van der Waals surface area contributed by atoms with Crippen molar-refractivity contribution >= 4 is 23.2 Å². The van der Waals surface area contributed by atoms with Crippen LogP contribution >= 0.6 is 23.2 Å². The third-order valence-electron chi connectivity index (χ3n) is 4.03. The number of nitrogens with one attached hydrogen (secondary N) is 2. The van der Waals surface area contributed by atoms with Crippen LogP contribution in [0.1, 0.15) is 12.8 Å². The van der Waals surface area contributed by atoms with Crippen LogP contribution in [0.15, 0.2) is 46.1 Å². The van der Waals surface area contributed by atoms with Gasteiger partial charge in [-0.25, -0.2) is 0 Å². The number of nitrogens with two attached hydrogens (primary N) is 1. The van der Waals surface area contributed by atoms with Crippen LogP contribution < -0.4 is 16.4 Å². The Hall–Kier alpha value is -1.30. The molecule has 0 bridgehead atoms. The lowest BCUT2D eigenvalue weighted by Crippen LogP contribution is -2.56. The average molecular weight is 344 g/mol. The summed E-state index contributed by atoms with van der Waals surface area (Å²) < 4.78 is 11.8. The topological polar surface area (TPSA) is 68.5 Å². The number of hydrogen-bond acceptors (Lipinski definition) is 5. The van der Waals surface area contributed by atoms with E-state index in [9.17, 15) is 0 Å². The van der Waals surface area contributed by atoms with Gasteiger partial charge in [0.2, 0.25) is 0 Å². The molecule has 3 aliphatic rings. The summed E-state index contributed by atoms with van der Waals surface area (Å²) >= 11 is 12.4. The predicted octanol–water partition coefficient (Wildman–Crippen LogP) is 2.01. The molecule has 22 heavy (non-hydrogen) atoms. The second-order valence-electron chi connectivity index (χ2n) is 5.56. The Morgan fingerprint density at radius 3 is 2.68 bits per heavy atom. The minimum absolute atomic E-state index is 0.161. The molecule has 3 heterocycles. The van der Waals surface area contributed by atoms with Gasteiger partial charge in [-0.2, -0.15) is 0 Å². The van der Waals surface area contributed by atoms with Gasteiger partial charge in [-0.3, -0.25) is 0 Å². The van der Waals surface area contributed by atoms with Crippen LogP contribution in [0.4, 0.5) is 0 Å². The maximum absolute atomic E-state index is 6.42. The van der Waals surface area contributed by atoms with Crippen LogP contribution in [0.3, 0.4) is 0 Å². The minimum atomic E-state index is -0.487. The number of hydrogen-bond donors (Lipinski definition) is 3. The molecule has 3 rings (SSSR count). The minimum Gasteiger partial charge on any atom is -0.470 e. The highest BCUT2D eigenvalue weighted by molar-refractivity contribution is 6.35. The first kappa shape index (κ1) is 15.6. The van der Waals surface area contributed by atoms with Crippen molar-refractivity contribution in [3.8, 4) is 0 Å². The smallest absolute Gasteiger partial charge is 0.187 e. The normalized spacial score (nSPS) is 27.5. The molecular formula is C15H19Cl2N3O2. The van der Waals surface area contributed by atoms with Crippen molar-refractivity contribution in [1.82, 2.24) is 10.6 Å². The first-order chi connectivity index (χ1) is 10.6. The summed E-state index contributed by atoms with van der Waals surface area (Å²) in [6.07, 6.45) is 8.67. The number of dihydropyridines is 2. The Kier molecular flexibility index (Phi) is 4.57. The highest BCUT2D eigenvalue weighted by Gasteiger charge is 2.45. The molecule has 1 atom stereocenters. The second-order valence-corrected chi connectivity index (χ2v) is 6.44. The lowest BCUT2D eigenvalue weighted by Gasteiger charge is -2.44. The lowest BCUT2D eigenvalue weighted by molar-refractivity contribution is -0.0979. The summed E-state index contributed by atoms with van der Waals surface area (Å²) in [5, 5.41) is 7.65. The van der Waals surface area contributed by atoms with E-state index in [0.717, 1.165) is 18.5 Å². The van der Waals surface area contributed by atoms with Crippen molar-refractivity contribution in [1.29, 1.82) is 0 Å². The van der Waals surface area contributed by atoms with Crippen molar-refractivity contribution < 1.29 is 9.47 Å². The Morgan fingerprint density at radius 1 is 1.27 bits per heavy atom. The molecule has 1 unspecified atom stereocenters. The quantitative estimate of drug-likeness (QED) is 0.731. The zero-order valence-electron chi connectivity index (χ0n) is 12.1. The molecule has 4 N–H and O–H groups in total. The van der Waals surface area contributed by atoms with Crippen molar-refractivity contribution in [2.75, 3.05) is 19.8 Å². The number of rotatable bonds is 3. The summed E-state index contributed by atoms with van der Waals surface area (Å²) in [5.41, 5.74) is 6.04. The van der Waals surface area contributed by atoms with Crippen LogP contribution in [-0.4, -0.2) is 31.4 Å². The van der Waals surface area contributed by atoms with Gasteiger partial charge in [0.05, 0.1) is 24.8 Å². The second kappa shape index (κ2) is 6.44. The van der Waals surface area contributed by atoms with E-state index in [1.165, 1.54) is 0 Å². The summed E-state index contributed by atoms with van der Waals surface area (Å²) in [5.74, 6) is 0.697. The fraction of sp³-hybridized carbons (Fsp3) is 0.467. The van der Waals surface area contributed by atoms with E-state index >= 15 is 0 Å². The van der Waals surface area contributed by atoms with E-state index in [1.807, 2.05) is 12.2 Å². The van der Waals surface area contributed by atoms with E-state index in [0.29, 0.717) is 35.7 Å². The van der Waals surface area contributed by atoms with Crippen LogP contribution in [0.5, 0.6) is 0 Å². The molecule has 0 saturated carbocycles. The van der Waals surface area contributed by atoms with E-state index in [4.69, 9.17) is 38.4 Å². The van der Waals surface area contributed by atoms with Gasteiger partial charge in [0.1, 0.15) is 11.6 Å². The molecule has 1 saturated heterocycles. The van der Waals surface area contributed by atoms with Crippen LogP contribution in [-0.2, 0) is 9.47 Å². The van der Waals surface area contributed by atoms with Gasteiger partial charge in [-0.05, 0) is 18.2 Å². The molecular weight excluding hydrogens is 325 g/mol. The maximum atomic E-state index is 6.42. The van der Waals surface area contributed by atoms with Gasteiger partial charge < -0.3 is 25.8 Å². The highest BCUT2D eigenvalue weighted by atomic mass is 35.5. The lowest BCUT2D eigenvalue weighted by atomic mass is 9.84. The maximum Gasteiger partial charge on any atom is 0.187 e. The number of halogens is 2. The molecule has 5 nitrogen and oxygen atoms in total. The van der Waals surface area contributed by atoms with E-state index in [2.05, 4.69) is 10.6 Å². The zero-order valence-corrected chi connectivity index (χ0v) is 13.6. The Balaban J connectivity index is 1.84. The third-order valence-corrected chi connectivity index (χ3v) is 4.58. The average Bonchev–Trinajstić information content (AvgIpc) is 2.50. The summed E-state index contributed by atoms with van der Waals surface area (Å²) in [6, 6.07) is -0.161. The van der Waals surface area contributed by atoms with E-state index in [1.54, 1.807) is 12.3 Å². The fourth-order valence-corrected chi connectivity index (χ4v) is 3.46. The van der Waals surface area contributed by atoms with Gasteiger partial charge in [0.15, 0.2) is 5.88 Å². The molecule has 120 valence electrons. The molecule has 0 aliphatic carbocycles. The zero-order chi connectivity index (χ0) is 15.6. The molecule has 0 amide bonds. The Bertz CT molecular complexity index is 563. The number of allylic oxidation sites excluding steroid dienone is 4. The van der Waals surface area contributed by atoms with Crippen molar-refractivity contribution in [3.05, 3.63) is 46.1 Å². The summed E-state index contributed by atoms with van der Waals surface area (Å²) in [4.78, 5) is 0. The van der Waals surface area contributed by atoms with Crippen molar-refractivity contribution in [3.63, 3.8) is 0 Å². The van der Waals surface area contributed by atoms with Crippen LogP contribution in [0, 0.1) is 0 Å². The van der Waals surface area contributed by atoms with Crippen LogP contribution in [0.25, 0.3) is 0 Å². The monoisotopic (exact) mass is 343 g/mol. The summed E-state index contributed by atoms with van der Waals surface area (Å²) in [7, 11) is 0. The largest absolute Gasteiger partial charge is 0.470 e. The van der Waals surface area contributed by atoms with Crippen LogP contribution in [0.2, 0.25) is 0 Å². The number of ether oxygens (including phenoxy) is 2. The molecule has 0 aromatic heterocycles. The molecule has 3 aliphatic heterocycles. The fourth-order valence-electron chi connectivity index (χ4n) is 2.85. The standard InChI is InChI=1S/C15H19Cl2N3O2/c16-10-7-12(17)14(20-8-10)15(3-5-21-6-4-15)22-13-2-1-11(18)9-19-13/h1-2,7-8,14,19-20H,3-6,9,18H2. The molecule has 0 aromatic carbocycles. The van der Waals surface area contributed by atoms with Gasteiger partial charge in [0, 0.05) is 29.8 Å². The summed E-state index contributed by atoms with van der Waals surface area (Å²) in [6.45, 7) is 1.84. The van der Waals surface area contributed by atoms with Gasteiger partial charge in [-0.1, -0.05) is 23.2 Å². The SMILES string of the molecule is NC1=CC=C(OC2(C3NC=C(Cl)C=C3Cl)CCOCC2)NC1. The van der Waals surface area contributed by atoms with E-state index < -0.39 is 5.60 Å². The molecule has 1 fully saturated rings. The van der Waals surface area contributed by atoms with E-state index in [-0.39, 0.29) is 6.04 Å². The molecule has 0 aromatic rings. The third kappa shape index (κ3) is 3.21. The highest BCUT2D eigenvalue weighted by Crippen LogP contribution is 2.37.